The van der Waals surface area contributed by atoms with Crippen LogP contribution in [-0.2, 0) is 42.7 Å². The van der Waals surface area contributed by atoms with E-state index in [4.69, 9.17) is 28.4 Å². The van der Waals surface area contributed by atoms with E-state index in [0.717, 1.165) is 0 Å². The van der Waals surface area contributed by atoms with Crippen LogP contribution >= 0.6 is 12.6 Å². The lowest BCUT2D eigenvalue weighted by atomic mass is 10.4. The molecule has 0 fully saturated rings. The molecule has 0 aliphatic rings. The molecule has 0 unspecified atom stereocenters. The molecule has 0 aromatic carbocycles. The molecular formula is C20H39FN2O9S. The maximum Gasteiger partial charge on any atom is 0.229 e. The van der Waals surface area contributed by atoms with Gasteiger partial charge in [-0.25, -0.2) is 4.39 Å². The van der Waals surface area contributed by atoms with E-state index in [1.54, 1.807) is 0 Å². The van der Waals surface area contributed by atoms with Gasteiger partial charge in [0, 0.05) is 19.5 Å². The number of hydrogen-bond acceptors (Lipinski definition) is 10. The summed E-state index contributed by atoms with van der Waals surface area (Å²) < 4.78 is 48.0. The SMILES string of the molecule is O=C(CS)NCCOCCOCCOCCOCCC(=O)NCCOCCOCCOCF. The van der Waals surface area contributed by atoms with E-state index >= 15 is 0 Å². The van der Waals surface area contributed by atoms with E-state index in [0.29, 0.717) is 92.4 Å². The van der Waals surface area contributed by atoms with Crippen LogP contribution in [0.4, 0.5) is 4.39 Å². The van der Waals surface area contributed by atoms with Crippen LogP contribution in [0.2, 0.25) is 0 Å². The van der Waals surface area contributed by atoms with Crippen LogP contribution in [0.25, 0.3) is 0 Å². The van der Waals surface area contributed by atoms with Crippen molar-refractivity contribution in [3.05, 3.63) is 0 Å². The highest BCUT2D eigenvalue weighted by molar-refractivity contribution is 7.81. The predicted octanol–water partition coefficient (Wildman–Crippen LogP) is -0.418. The molecule has 0 radical (unpaired) electrons. The molecule has 0 saturated carbocycles. The van der Waals surface area contributed by atoms with Crippen molar-refractivity contribution in [3.63, 3.8) is 0 Å². The van der Waals surface area contributed by atoms with Crippen molar-refractivity contribution >= 4 is 24.4 Å². The molecule has 2 amide bonds. The van der Waals surface area contributed by atoms with Crippen molar-refractivity contribution in [1.29, 1.82) is 0 Å². The maximum atomic E-state index is 11.7. The Bertz CT molecular complexity index is 454. The van der Waals surface area contributed by atoms with Gasteiger partial charge in [-0.1, -0.05) is 0 Å². The molecule has 11 nitrogen and oxygen atoms in total. The number of halogens is 1. The van der Waals surface area contributed by atoms with E-state index in [-0.39, 0.29) is 30.6 Å². The zero-order valence-electron chi connectivity index (χ0n) is 19.2. The van der Waals surface area contributed by atoms with E-state index in [9.17, 15) is 14.0 Å². The van der Waals surface area contributed by atoms with Gasteiger partial charge in [-0.2, -0.15) is 12.6 Å². The molecule has 0 atom stereocenters. The van der Waals surface area contributed by atoms with Crippen molar-refractivity contribution in [2.24, 2.45) is 0 Å². The first-order valence-corrected chi connectivity index (χ1v) is 11.6. The number of carbonyl (C=O) groups is 2. The summed E-state index contributed by atoms with van der Waals surface area (Å²) in [5.74, 6) is -0.0679. The molecule has 196 valence electrons. The molecule has 0 bridgehead atoms. The quantitative estimate of drug-likeness (QED) is 0.107. The number of thiol groups is 1. The lowest BCUT2D eigenvalue weighted by molar-refractivity contribution is -0.122. The third-order valence-electron chi connectivity index (χ3n) is 3.69. The van der Waals surface area contributed by atoms with Gasteiger partial charge in [0.25, 0.3) is 0 Å². The van der Waals surface area contributed by atoms with E-state index in [2.05, 4.69) is 28.0 Å². The van der Waals surface area contributed by atoms with Crippen LogP contribution in [0, 0.1) is 0 Å². The van der Waals surface area contributed by atoms with Crippen molar-refractivity contribution < 1.29 is 47.1 Å². The summed E-state index contributed by atoms with van der Waals surface area (Å²) in [7, 11) is 0. The molecule has 13 heteroatoms. The van der Waals surface area contributed by atoms with Gasteiger partial charge in [-0.05, 0) is 0 Å². The highest BCUT2D eigenvalue weighted by Crippen LogP contribution is 1.87. The number of nitrogens with one attached hydrogen (secondary N) is 2. The molecule has 33 heavy (non-hydrogen) atoms. The summed E-state index contributed by atoms with van der Waals surface area (Å²) >= 11 is 3.85. The third-order valence-corrected chi connectivity index (χ3v) is 3.98. The van der Waals surface area contributed by atoms with Crippen LogP contribution < -0.4 is 10.6 Å². The monoisotopic (exact) mass is 502 g/mol. The molecule has 0 aliphatic heterocycles. The smallest absolute Gasteiger partial charge is 0.229 e. The average Bonchev–Trinajstić information content (AvgIpc) is 2.82. The summed E-state index contributed by atoms with van der Waals surface area (Å²) in [6.45, 7) is 5.09. The lowest BCUT2D eigenvalue weighted by Crippen LogP contribution is -2.28. The van der Waals surface area contributed by atoms with Crippen LogP contribution in [0.15, 0.2) is 0 Å². The molecule has 0 spiro atoms. The fourth-order valence-electron chi connectivity index (χ4n) is 2.09. The van der Waals surface area contributed by atoms with E-state index in [1.807, 2.05) is 0 Å². The van der Waals surface area contributed by atoms with E-state index in [1.165, 1.54) is 0 Å². The van der Waals surface area contributed by atoms with Gasteiger partial charge in [0.15, 0.2) is 6.86 Å². The minimum absolute atomic E-state index is 0.112. The zero-order valence-corrected chi connectivity index (χ0v) is 20.1. The Morgan fingerprint density at radius 3 is 1.33 bits per heavy atom. The summed E-state index contributed by atoms with van der Waals surface area (Å²) in [6.07, 6.45) is 0.263. The first-order chi connectivity index (χ1) is 16.2. The normalized spacial score (nSPS) is 11.0. The minimum Gasteiger partial charge on any atom is -0.379 e. The predicted molar refractivity (Wildman–Crippen MR) is 121 cm³/mol. The Hall–Kier alpha value is -1.06. The Balaban J connectivity index is 3.16. The van der Waals surface area contributed by atoms with Gasteiger partial charge in [-0.15, -0.1) is 0 Å². The molecule has 0 aromatic rings. The zero-order chi connectivity index (χ0) is 24.2. The van der Waals surface area contributed by atoms with Gasteiger partial charge < -0.3 is 43.8 Å². The van der Waals surface area contributed by atoms with Crippen LogP contribution in [0.1, 0.15) is 6.42 Å². The largest absolute Gasteiger partial charge is 0.379 e. The highest BCUT2D eigenvalue weighted by Gasteiger charge is 2.01. The molecule has 2 N–H and O–H groups in total. The van der Waals surface area contributed by atoms with Gasteiger partial charge in [-0.3, -0.25) is 9.59 Å². The molecule has 0 rings (SSSR count). The Morgan fingerprint density at radius 2 is 0.909 bits per heavy atom. The summed E-state index contributed by atoms with van der Waals surface area (Å²) in [4.78, 5) is 22.6. The molecule has 0 saturated heterocycles. The minimum atomic E-state index is -0.811. The Labute approximate surface area is 200 Å². The van der Waals surface area contributed by atoms with E-state index < -0.39 is 6.86 Å². The first-order valence-electron chi connectivity index (χ1n) is 10.9. The number of rotatable bonds is 26. The van der Waals surface area contributed by atoms with Crippen molar-refractivity contribution in [1.82, 2.24) is 10.6 Å². The first kappa shape index (κ1) is 31.9. The number of carbonyl (C=O) groups excluding carboxylic acids is 2. The fraction of sp³-hybridized carbons (Fsp3) is 0.900. The maximum absolute atomic E-state index is 11.7. The van der Waals surface area contributed by atoms with Crippen LogP contribution in [-0.4, -0.2) is 123 Å². The van der Waals surface area contributed by atoms with Gasteiger partial charge in [0.05, 0.1) is 91.6 Å². The van der Waals surface area contributed by atoms with Gasteiger partial charge in [0.2, 0.25) is 11.8 Å². The number of alkyl halides is 1. The standard InChI is InChI=1S/C20H39FN2O9S/c21-18-32-16-15-31-12-9-27-5-2-22-19(24)1-4-26-7-10-29-13-14-30-11-8-28-6-3-23-20(25)17-33/h33H,1-18H2,(H,22,24)(H,23,25). The Morgan fingerprint density at radius 1 is 0.545 bits per heavy atom. The highest BCUT2D eigenvalue weighted by atomic mass is 32.1. The second-order valence-corrected chi connectivity index (χ2v) is 6.62. The number of ether oxygens (including phenoxy) is 7. The summed E-state index contributed by atoms with van der Waals surface area (Å²) in [5, 5.41) is 5.38. The summed E-state index contributed by atoms with van der Waals surface area (Å²) in [5.41, 5.74) is 0. The molecule has 0 heterocycles. The summed E-state index contributed by atoms with van der Waals surface area (Å²) in [6, 6.07) is 0. The second-order valence-electron chi connectivity index (χ2n) is 6.30. The van der Waals surface area contributed by atoms with Crippen molar-refractivity contribution in [2.75, 3.05) is 112 Å². The van der Waals surface area contributed by atoms with Crippen LogP contribution in [0.3, 0.4) is 0 Å². The van der Waals surface area contributed by atoms with Crippen LogP contribution in [0.5, 0.6) is 0 Å². The Kier molecular flexibility index (Phi) is 26.3. The molecule has 0 aliphatic carbocycles. The third kappa shape index (κ3) is 27.1. The van der Waals surface area contributed by atoms with Crippen molar-refractivity contribution in [3.8, 4) is 0 Å². The number of amides is 2. The molecular weight excluding hydrogens is 463 g/mol. The van der Waals surface area contributed by atoms with Crippen molar-refractivity contribution in [2.45, 2.75) is 6.42 Å². The second kappa shape index (κ2) is 27.2. The topological polar surface area (TPSA) is 123 Å². The fourth-order valence-corrected chi connectivity index (χ4v) is 2.20. The van der Waals surface area contributed by atoms with Gasteiger partial charge in [0.1, 0.15) is 0 Å². The van der Waals surface area contributed by atoms with Gasteiger partial charge >= 0.3 is 0 Å². The average molecular weight is 503 g/mol. The molecule has 0 aromatic heterocycles. The number of hydrogen-bond donors (Lipinski definition) is 3. The lowest BCUT2D eigenvalue weighted by Gasteiger charge is -2.08.